The van der Waals surface area contributed by atoms with Crippen molar-refractivity contribution in [2.75, 3.05) is 7.11 Å². The molecule has 2 rings (SSSR count). The zero-order chi connectivity index (χ0) is 13.8. The van der Waals surface area contributed by atoms with Crippen LogP contribution >= 0.6 is 27.7 Å². The smallest absolute Gasteiger partial charge is 0.336 e. The van der Waals surface area contributed by atoms with Crippen molar-refractivity contribution in [3.63, 3.8) is 0 Å². The number of carboxylic acid groups (broad SMARTS) is 1. The maximum absolute atomic E-state index is 11.0. The number of nitrogens with zero attached hydrogens (tertiary/aromatic N) is 1. The number of aromatic nitrogens is 1. The molecule has 0 unspecified atom stereocenters. The second-order valence-electron chi connectivity index (χ2n) is 3.59. The molecule has 0 aliphatic rings. The molecule has 0 atom stereocenters. The quantitative estimate of drug-likeness (QED) is 0.920. The third-order valence-electron chi connectivity index (χ3n) is 2.34. The van der Waals surface area contributed by atoms with Crippen LogP contribution < -0.4 is 4.74 Å². The van der Waals surface area contributed by atoms with Gasteiger partial charge in [-0.1, -0.05) is 11.8 Å². The number of methoxy groups -OCH3 is 1. The fourth-order valence-electron chi connectivity index (χ4n) is 1.40. The van der Waals surface area contributed by atoms with E-state index in [1.165, 1.54) is 11.8 Å². The highest BCUT2D eigenvalue weighted by molar-refractivity contribution is 9.10. The molecule has 0 aliphatic carbocycles. The van der Waals surface area contributed by atoms with Crippen molar-refractivity contribution < 1.29 is 14.6 Å². The second-order valence-corrected chi connectivity index (χ2v) is 5.53. The Morgan fingerprint density at radius 1 is 1.37 bits per heavy atom. The van der Waals surface area contributed by atoms with Crippen LogP contribution in [0.3, 0.4) is 0 Å². The van der Waals surface area contributed by atoms with Crippen molar-refractivity contribution >= 4 is 33.7 Å². The van der Waals surface area contributed by atoms with Gasteiger partial charge >= 0.3 is 5.97 Å². The zero-order valence-electron chi connectivity index (χ0n) is 9.96. The van der Waals surface area contributed by atoms with Gasteiger partial charge in [0.15, 0.2) is 0 Å². The summed E-state index contributed by atoms with van der Waals surface area (Å²) in [5, 5.41) is 9.83. The monoisotopic (exact) mass is 339 g/mol. The van der Waals surface area contributed by atoms with E-state index >= 15 is 0 Å². The van der Waals surface area contributed by atoms with Crippen molar-refractivity contribution in [1.29, 1.82) is 0 Å². The molecule has 0 amide bonds. The molecule has 1 heterocycles. The summed E-state index contributed by atoms with van der Waals surface area (Å²) in [6.07, 6.45) is 1.62. The number of carbonyl (C=O) groups is 1. The topological polar surface area (TPSA) is 59.4 Å². The van der Waals surface area contributed by atoms with Gasteiger partial charge in [0.2, 0.25) is 0 Å². The van der Waals surface area contributed by atoms with Crippen LogP contribution in [-0.2, 0) is 0 Å². The van der Waals surface area contributed by atoms with Crippen LogP contribution in [0, 0.1) is 0 Å². The molecular weight excluding hydrogens is 330 g/mol. The lowest BCUT2D eigenvalue weighted by Crippen LogP contribution is -1.97. The number of pyridine rings is 1. The molecule has 0 radical (unpaired) electrons. The SMILES string of the molecule is COc1ccc(Sc2ccc(Br)c(C(=O)O)c2)nc1. The molecule has 0 saturated carbocycles. The van der Waals surface area contributed by atoms with E-state index in [0.29, 0.717) is 10.2 Å². The third kappa shape index (κ3) is 3.48. The molecule has 1 aromatic heterocycles. The summed E-state index contributed by atoms with van der Waals surface area (Å²) < 4.78 is 5.59. The Morgan fingerprint density at radius 3 is 2.74 bits per heavy atom. The van der Waals surface area contributed by atoms with E-state index in [1.54, 1.807) is 25.4 Å². The van der Waals surface area contributed by atoms with E-state index in [2.05, 4.69) is 20.9 Å². The highest BCUT2D eigenvalue weighted by Crippen LogP contribution is 2.30. The van der Waals surface area contributed by atoms with E-state index in [9.17, 15) is 4.79 Å². The predicted octanol–water partition coefficient (Wildman–Crippen LogP) is 3.70. The number of halogens is 1. The maximum atomic E-state index is 11.0. The molecule has 1 N–H and O–H groups in total. The van der Waals surface area contributed by atoms with Gasteiger partial charge in [-0.15, -0.1) is 0 Å². The Bertz CT molecular complexity index is 601. The highest BCUT2D eigenvalue weighted by Gasteiger charge is 2.10. The van der Waals surface area contributed by atoms with Crippen LogP contribution in [-0.4, -0.2) is 23.2 Å². The number of aromatic carboxylic acids is 1. The van der Waals surface area contributed by atoms with Gasteiger partial charge in [-0.25, -0.2) is 9.78 Å². The fraction of sp³-hybridized carbons (Fsp3) is 0.0769. The number of hydrogen-bond acceptors (Lipinski definition) is 4. The van der Waals surface area contributed by atoms with Gasteiger partial charge < -0.3 is 9.84 Å². The van der Waals surface area contributed by atoms with Crippen molar-refractivity contribution in [3.8, 4) is 5.75 Å². The number of hydrogen-bond donors (Lipinski definition) is 1. The van der Waals surface area contributed by atoms with Crippen molar-refractivity contribution in [3.05, 3.63) is 46.6 Å². The van der Waals surface area contributed by atoms with Crippen LogP contribution in [0.25, 0.3) is 0 Å². The lowest BCUT2D eigenvalue weighted by Gasteiger charge is -2.05. The zero-order valence-corrected chi connectivity index (χ0v) is 12.4. The number of rotatable bonds is 4. The normalized spacial score (nSPS) is 10.2. The summed E-state index contributed by atoms with van der Waals surface area (Å²) in [5.74, 6) is -0.275. The van der Waals surface area contributed by atoms with Gasteiger partial charge in [-0.2, -0.15) is 0 Å². The highest BCUT2D eigenvalue weighted by atomic mass is 79.9. The minimum Gasteiger partial charge on any atom is -0.495 e. The summed E-state index contributed by atoms with van der Waals surface area (Å²) in [7, 11) is 1.58. The van der Waals surface area contributed by atoms with Crippen LogP contribution in [0.5, 0.6) is 5.75 Å². The van der Waals surface area contributed by atoms with E-state index in [1.807, 2.05) is 18.2 Å². The average Bonchev–Trinajstić information content (AvgIpc) is 2.41. The standard InChI is InChI=1S/C13H10BrNO3S/c1-18-8-2-5-12(15-7-8)19-9-3-4-11(14)10(6-9)13(16)17/h2-7H,1H3,(H,16,17). The van der Waals surface area contributed by atoms with Crippen molar-refractivity contribution in [2.24, 2.45) is 0 Å². The first kappa shape index (κ1) is 13.9. The minimum absolute atomic E-state index is 0.235. The van der Waals surface area contributed by atoms with E-state index in [4.69, 9.17) is 9.84 Å². The Balaban J connectivity index is 2.22. The summed E-state index contributed by atoms with van der Waals surface area (Å²) in [5.41, 5.74) is 0.235. The van der Waals surface area contributed by atoms with Gasteiger partial charge in [0.1, 0.15) is 10.8 Å². The summed E-state index contributed by atoms with van der Waals surface area (Å²) in [4.78, 5) is 16.1. The van der Waals surface area contributed by atoms with Crippen LogP contribution in [0.1, 0.15) is 10.4 Å². The Hall–Kier alpha value is -1.53. The van der Waals surface area contributed by atoms with E-state index in [-0.39, 0.29) is 5.56 Å². The third-order valence-corrected chi connectivity index (χ3v) is 3.97. The van der Waals surface area contributed by atoms with Crippen molar-refractivity contribution in [1.82, 2.24) is 4.98 Å². The number of ether oxygens (including phenoxy) is 1. The first-order valence-corrected chi connectivity index (χ1v) is 6.92. The maximum Gasteiger partial charge on any atom is 0.336 e. The second kappa shape index (κ2) is 6.08. The van der Waals surface area contributed by atoms with Gasteiger partial charge in [-0.05, 0) is 46.3 Å². The number of benzene rings is 1. The molecule has 2 aromatic rings. The molecule has 4 nitrogen and oxygen atoms in total. The molecule has 0 saturated heterocycles. The minimum atomic E-state index is -0.961. The molecule has 0 fully saturated rings. The molecular formula is C13H10BrNO3S. The Morgan fingerprint density at radius 2 is 2.16 bits per heavy atom. The van der Waals surface area contributed by atoms with Crippen molar-refractivity contribution in [2.45, 2.75) is 9.92 Å². The molecule has 0 bridgehead atoms. The van der Waals surface area contributed by atoms with Gasteiger partial charge in [0.05, 0.1) is 18.9 Å². The summed E-state index contributed by atoms with van der Waals surface area (Å²) >= 11 is 4.61. The first-order chi connectivity index (χ1) is 9.10. The molecule has 0 spiro atoms. The van der Waals surface area contributed by atoms with Crippen LogP contribution in [0.15, 0.2) is 50.9 Å². The number of carboxylic acids is 1. The van der Waals surface area contributed by atoms with Gasteiger partial charge in [0, 0.05) is 9.37 Å². The average molecular weight is 340 g/mol. The van der Waals surface area contributed by atoms with E-state index in [0.717, 1.165) is 9.92 Å². The molecule has 1 aromatic carbocycles. The lowest BCUT2D eigenvalue weighted by atomic mass is 10.2. The molecule has 98 valence electrons. The van der Waals surface area contributed by atoms with Crippen LogP contribution in [0.4, 0.5) is 0 Å². The predicted molar refractivity (Wildman–Crippen MR) is 76.0 cm³/mol. The van der Waals surface area contributed by atoms with Gasteiger partial charge in [-0.3, -0.25) is 0 Å². The largest absolute Gasteiger partial charge is 0.495 e. The summed E-state index contributed by atoms with van der Waals surface area (Å²) in [6.45, 7) is 0. The Kier molecular flexibility index (Phi) is 4.44. The van der Waals surface area contributed by atoms with E-state index < -0.39 is 5.97 Å². The molecule has 6 heteroatoms. The first-order valence-electron chi connectivity index (χ1n) is 5.31. The van der Waals surface area contributed by atoms with Crippen LogP contribution in [0.2, 0.25) is 0 Å². The molecule has 0 aliphatic heterocycles. The summed E-state index contributed by atoms with van der Waals surface area (Å²) in [6, 6.07) is 8.81. The molecule has 19 heavy (non-hydrogen) atoms. The fourth-order valence-corrected chi connectivity index (χ4v) is 2.61. The Labute approximate surface area is 122 Å². The van der Waals surface area contributed by atoms with Gasteiger partial charge in [0.25, 0.3) is 0 Å². The lowest BCUT2D eigenvalue weighted by molar-refractivity contribution is 0.0695.